The molecule has 0 bridgehead atoms. The summed E-state index contributed by atoms with van der Waals surface area (Å²) in [4.78, 5) is 28.7. The molecular weight excluding hydrogens is 363 g/mol. The maximum atomic E-state index is 13.0. The third-order valence-corrected chi connectivity index (χ3v) is 5.06. The van der Waals surface area contributed by atoms with E-state index < -0.39 is 0 Å². The first-order chi connectivity index (χ1) is 13.4. The largest absolute Gasteiger partial charge is 0.383 e. The van der Waals surface area contributed by atoms with E-state index in [0.717, 1.165) is 31.7 Å². The van der Waals surface area contributed by atoms with E-state index in [1.807, 2.05) is 13.8 Å². The second-order valence-electron chi connectivity index (χ2n) is 7.11. The van der Waals surface area contributed by atoms with Crippen molar-refractivity contribution in [2.45, 2.75) is 25.9 Å². The van der Waals surface area contributed by atoms with E-state index in [4.69, 9.17) is 4.74 Å². The Bertz CT molecular complexity index is 633. The molecule has 0 saturated carbocycles. The fourth-order valence-electron chi connectivity index (χ4n) is 3.19. The number of piperazine rings is 1. The summed E-state index contributed by atoms with van der Waals surface area (Å²) in [6.45, 7) is 8.08. The van der Waals surface area contributed by atoms with Crippen molar-refractivity contribution in [1.29, 1.82) is 0 Å². The monoisotopic (exact) mass is 394 g/mol. The predicted octanol–water partition coefficient (Wildman–Crippen LogP) is 0.772. The zero-order chi connectivity index (χ0) is 20.5. The zero-order valence-corrected chi connectivity index (χ0v) is 16.9. The number of halogens is 1. The van der Waals surface area contributed by atoms with Crippen LogP contribution in [0.1, 0.15) is 25.5 Å². The molecule has 0 aliphatic carbocycles. The summed E-state index contributed by atoms with van der Waals surface area (Å²) in [5, 5.41) is 5.81. The van der Waals surface area contributed by atoms with Crippen LogP contribution in [0.4, 0.5) is 4.39 Å². The Morgan fingerprint density at radius 3 is 2.39 bits per heavy atom. The first kappa shape index (κ1) is 22.3. The van der Waals surface area contributed by atoms with Crippen molar-refractivity contribution in [2.24, 2.45) is 0 Å². The van der Waals surface area contributed by atoms with Gasteiger partial charge in [0.1, 0.15) is 5.82 Å². The molecule has 8 heteroatoms. The van der Waals surface area contributed by atoms with Crippen LogP contribution in [-0.4, -0.2) is 80.6 Å². The molecule has 1 heterocycles. The number of nitrogens with zero attached hydrogens (tertiary/aromatic N) is 2. The molecule has 0 radical (unpaired) electrons. The average Bonchev–Trinajstić information content (AvgIpc) is 2.68. The number of hydrogen-bond acceptors (Lipinski definition) is 5. The van der Waals surface area contributed by atoms with Gasteiger partial charge < -0.3 is 15.4 Å². The zero-order valence-electron chi connectivity index (χ0n) is 16.9. The third-order valence-electron chi connectivity index (χ3n) is 5.06. The molecule has 28 heavy (non-hydrogen) atoms. The lowest BCUT2D eigenvalue weighted by atomic mass is 10.1. The molecule has 1 saturated heterocycles. The van der Waals surface area contributed by atoms with Gasteiger partial charge in [0.05, 0.1) is 25.2 Å². The maximum absolute atomic E-state index is 13.0. The van der Waals surface area contributed by atoms with Gasteiger partial charge in [-0.3, -0.25) is 19.4 Å². The summed E-state index contributed by atoms with van der Waals surface area (Å²) in [6.07, 6.45) is 0. The number of hydrogen-bond donors (Lipinski definition) is 2. The summed E-state index contributed by atoms with van der Waals surface area (Å²) >= 11 is 0. The fourth-order valence-corrected chi connectivity index (χ4v) is 3.19. The van der Waals surface area contributed by atoms with Gasteiger partial charge in [-0.15, -0.1) is 0 Å². The van der Waals surface area contributed by atoms with E-state index in [1.54, 1.807) is 19.2 Å². The van der Waals surface area contributed by atoms with Crippen LogP contribution < -0.4 is 10.6 Å². The lowest BCUT2D eigenvalue weighted by Gasteiger charge is -2.37. The van der Waals surface area contributed by atoms with Gasteiger partial charge in [-0.1, -0.05) is 12.1 Å². The Morgan fingerprint density at radius 1 is 1.14 bits per heavy atom. The van der Waals surface area contributed by atoms with E-state index in [1.165, 1.54) is 12.1 Å². The van der Waals surface area contributed by atoms with Crippen molar-refractivity contribution in [2.75, 3.05) is 53.0 Å². The van der Waals surface area contributed by atoms with Crippen LogP contribution in [0.15, 0.2) is 24.3 Å². The highest BCUT2D eigenvalue weighted by Crippen LogP contribution is 2.14. The molecule has 2 atom stereocenters. The molecular formula is C20H31FN4O3. The van der Waals surface area contributed by atoms with E-state index in [-0.39, 0.29) is 29.7 Å². The van der Waals surface area contributed by atoms with Crippen molar-refractivity contribution in [3.05, 3.63) is 35.6 Å². The molecule has 2 rings (SSSR count). The second-order valence-corrected chi connectivity index (χ2v) is 7.11. The molecule has 156 valence electrons. The van der Waals surface area contributed by atoms with E-state index >= 15 is 0 Å². The highest BCUT2D eigenvalue weighted by molar-refractivity contribution is 5.81. The summed E-state index contributed by atoms with van der Waals surface area (Å²) in [5.74, 6) is -0.354. The first-order valence-corrected chi connectivity index (χ1v) is 9.68. The van der Waals surface area contributed by atoms with E-state index in [9.17, 15) is 14.0 Å². The maximum Gasteiger partial charge on any atom is 0.237 e. The van der Waals surface area contributed by atoms with Crippen molar-refractivity contribution >= 4 is 11.8 Å². The van der Waals surface area contributed by atoms with Crippen LogP contribution >= 0.6 is 0 Å². The van der Waals surface area contributed by atoms with E-state index in [0.29, 0.717) is 19.7 Å². The number of ether oxygens (including phenoxy) is 1. The van der Waals surface area contributed by atoms with E-state index in [2.05, 4.69) is 20.4 Å². The van der Waals surface area contributed by atoms with Crippen LogP contribution in [0.5, 0.6) is 0 Å². The Kier molecular flexibility index (Phi) is 8.82. The summed E-state index contributed by atoms with van der Waals surface area (Å²) < 4.78 is 18.0. The van der Waals surface area contributed by atoms with Crippen LogP contribution in [0.2, 0.25) is 0 Å². The molecule has 1 fully saturated rings. The lowest BCUT2D eigenvalue weighted by molar-refractivity contribution is -0.128. The second kappa shape index (κ2) is 11.1. The highest BCUT2D eigenvalue weighted by atomic mass is 19.1. The number of nitrogens with one attached hydrogen (secondary N) is 2. The van der Waals surface area contributed by atoms with Crippen LogP contribution in [0.3, 0.4) is 0 Å². The van der Waals surface area contributed by atoms with Crippen LogP contribution in [0.25, 0.3) is 0 Å². The summed E-state index contributed by atoms with van der Waals surface area (Å²) in [7, 11) is 1.60. The minimum atomic E-state index is -0.291. The molecule has 2 N–H and O–H groups in total. The molecule has 0 aromatic heterocycles. The average molecular weight is 394 g/mol. The highest BCUT2D eigenvalue weighted by Gasteiger charge is 2.27. The number of amides is 2. The van der Waals surface area contributed by atoms with Gasteiger partial charge in [0.2, 0.25) is 11.8 Å². The number of carbonyl (C=O) groups excluding carboxylic acids is 2. The third kappa shape index (κ3) is 6.85. The number of methoxy groups -OCH3 is 1. The predicted molar refractivity (Wildman–Crippen MR) is 105 cm³/mol. The standard InChI is InChI=1S/C20H31FN4O3/c1-15(17-4-6-18(21)7-5-17)23-20(27)16(2)25-11-9-24(10-12-25)14-19(26)22-8-13-28-3/h4-7,15-16H,8-14H2,1-3H3,(H,22,26)(H,23,27). The molecule has 1 aromatic carbocycles. The SMILES string of the molecule is COCCNC(=O)CN1CCN(C(C)C(=O)NC(C)c2ccc(F)cc2)CC1. The smallest absolute Gasteiger partial charge is 0.237 e. The number of benzene rings is 1. The lowest BCUT2D eigenvalue weighted by Crippen LogP contribution is -2.55. The molecule has 2 unspecified atom stereocenters. The molecule has 2 amide bonds. The molecule has 7 nitrogen and oxygen atoms in total. The van der Waals surface area contributed by atoms with Gasteiger partial charge >= 0.3 is 0 Å². The van der Waals surface area contributed by atoms with Crippen LogP contribution in [-0.2, 0) is 14.3 Å². The van der Waals surface area contributed by atoms with Crippen molar-refractivity contribution in [3.63, 3.8) is 0 Å². The first-order valence-electron chi connectivity index (χ1n) is 9.68. The quantitative estimate of drug-likeness (QED) is 0.606. The Balaban J connectivity index is 1.74. The van der Waals surface area contributed by atoms with Gasteiger partial charge in [-0.25, -0.2) is 4.39 Å². The van der Waals surface area contributed by atoms with Crippen LogP contribution in [0, 0.1) is 5.82 Å². The van der Waals surface area contributed by atoms with Gasteiger partial charge in [-0.2, -0.15) is 0 Å². The van der Waals surface area contributed by atoms with Crippen molar-refractivity contribution < 1.29 is 18.7 Å². The van der Waals surface area contributed by atoms with Gasteiger partial charge in [0.15, 0.2) is 0 Å². The number of carbonyl (C=O) groups is 2. The summed E-state index contributed by atoms with van der Waals surface area (Å²) in [5.41, 5.74) is 0.867. The fraction of sp³-hybridized carbons (Fsp3) is 0.600. The van der Waals surface area contributed by atoms with Gasteiger partial charge in [0, 0.05) is 39.8 Å². The molecule has 1 aromatic rings. The van der Waals surface area contributed by atoms with Crippen molar-refractivity contribution in [3.8, 4) is 0 Å². The van der Waals surface area contributed by atoms with Gasteiger partial charge in [0.25, 0.3) is 0 Å². The molecule has 0 spiro atoms. The molecule has 1 aliphatic rings. The Morgan fingerprint density at radius 2 is 1.79 bits per heavy atom. The topological polar surface area (TPSA) is 73.9 Å². The minimum Gasteiger partial charge on any atom is -0.383 e. The Labute approximate surface area is 166 Å². The number of rotatable bonds is 9. The normalized spacial score (nSPS) is 17.7. The van der Waals surface area contributed by atoms with Gasteiger partial charge in [-0.05, 0) is 31.5 Å². The Hall–Kier alpha value is -2.03. The molecule has 1 aliphatic heterocycles. The summed E-state index contributed by atoms with van der Waals surface area (Å²) in [6, 6.07) is 5.70. The minimum absolute atomic E-state index is 0.00980. The van der Waals surface area contributed by atoms with Crippen molar-refractivity contribution in [1.82, 2.24) is 20.4 Å².